The monoisotopic (exact) mass is 450 g/mol. The van der Waals surface area contributed by atoms with Crippen molar-refractivity contribution in [2.75, 3.05) is 17.8 Å². The summed E-state index contributed by atoms with van der Waals surface area (Å²) in [6, 6.07) is 14.7. The molecule has 1 aliphatic heterocycles. The molecule has 160 valence electrons. The zero-order valence-electron chi connectivity index (χ0n) is 16.5. The molecule has 3 aromatic carbocycles. The predicted octanol–water partition coefficient (Wildman–Crippen LogP) is 4.64. The summed E-state index contributed by atoms with van der Waals surface area (Å²) in [6.07, 6.45) is 2.00. The maximum absolute atomic E-state index is 13.6. The first-order valence-corrected chi connectivity index (χ1v) is 11.1. The van der Waals surface area contributed by atoms with Gasteiger partial charge >= 0.3 is 0 Å². The van der Waals surface area contributed by atoms with Gasteiger partial charge in [0.2, 0.25) is 0 Å². The fraction of sp³-hybridized carbons (Fsp3) is 0.273. The van der Waals surface area contributed by atoms with Crippen molar-refractivity contribution in [3.05, 3.63) is 66.0 Å². The number of fused-ring (bicyclic) bond motifs is 1. The van der Waals surface area contributed by atoms with E-state index in [2.05, 4.69) is 10.0 Å². The van der Waals surface area contributed by atoms with Crippen LogP contribution in [0.1, 0.15) is 18.4 Å². The van der Waals surface area contributed by atoms with Crippen molar-refractivity contribution in [1.82, 2.24) is 5.32 Å². The van der Waals surface area contributed by atoms with E-state index >= 15 is 0 Å². The molecule has 3 aromatic rings. The molecule has 1 aliphatic rings. The highest BCUT2D eigenvalue weighted by Crippen LogP contribution is 2.34. The van der Waals surface area contributed by atoms with Crippen LogP contribution in [0.15, 0.2) is 59.5 Å². The van der Waals surface area contributed by atoms with Crippen LogP contribution >= 0.6 is 12.4 Å². The number of piperidine rings is 1. The lowest BCUT2D eigenvalue weighted by molar-refractivity contribution is 0.164. The van der Waals surface area contributed by atoms with Crippen LogP contribution in [0.2, 0.25) is 0 Å². The maximum Gasteiger partial charge on any atom is 0.262 e. The summed E-state index contributed by atoms with van der Waals surface area (Å²) in [4.78, 5) is -0.0726. The van der Waals surface area contributed by atoms with Gasteiger partial charge in [-0.25, -0.2) is 12.8 Å². The highest BCUT2D eigenvalue weighted by molar-refractivity contribution is 7.92. The number of rotatable bonds is 5. The van der Waals surface area contributed by atoms with Crippen molar-refractivity contribution in [2.45, 2.75) is 30.8 Å². The molecule has 30 heavy (non-hydrogen) atoms. The number of hydrogen-bond acceptors (Lipinski definition) is 4. The second-order valence-electron chi connectivity index (χ2n) is 7.24. The average molecular weight is 451 g/mol. The third-order valence-corrected chi connectivity index (χ3v) is 6.66. The first-order valence-electron chi connectivity index (χ1n) is 9.62. The average Bonchev–Trinajstić information content (AvgIpc) is 2.72. The first kappa shape index (κ1) is 22.3. The zero-order valence-corrected chi connectivity index (χ0v) is 18.2. The Labute approximate surface area is 182 Å². The van der Waals surface area contributed by atoms with E-state index in [0.29, 0.717) is 11.3 Å². The number of nitrogens with one attached hydrogen (secondary N) is 2. The molecule has 2 N–H and O–H groups in total. The summed E-state index contributed by atoms with van der Waals surface area (Å²) in [5.41, 5.74) is 0.913. The van der Waals surface area contributed by atoms with Crippen LogP contribution in [0.4, 0.5) is 10.1 Å². The molecule has 0 radical (unpaired) electrons. The minimum Gasteiger partial charge on any atom is -0.490 e. The highest BCUT2D eigenvalue weighted by Gasteiger charge is 2.21. The van der Waals surface area contributed by atoms with Gasteiger partial charge in [0.15, 0.2) is 0 Å². The van der Waals surface area contributed by atoms with Gasteiger partial charge in [0.05, 0.1) is 10.6 Å². The van der Waals surface area contributed by atoms with E-state index in [9.17, 15) is 12.8 Å². The van der Waals surface area contributed by atoms with Gasteiger partial charge in [-0.05, 0) is 62.7 Å². The first-order chi connectivity index (χ1) is 13.9. The molecule has 5 nitrogen and oxygen atoms in total. The van der Waals surface area contributed by atoms with E-state index in [1.165, 1.54) is 12.1 Å². The Morgan fingerprint density at radius 1 is 1.03 bits per heavy atom. The summed E-state index contributed by atoms with van der Waals surface area (Å²) < 4.78 is 48.3. The van der Waals surface area contributed by atoms with Gasteiger partial charge < -0.3 is 10.1 Å². The summed E-state index contributed by atoms with van der Waals surface area (Å²) >= 11 is 0. The van der Waals surface area contributed by atoms with E-state index in [4.69, 9.17) is 4.74 Å². The Bertz CT molecular complexity index is 1150. The lowest BCUT2D eigenvalue weighted by atomic mass is 10.1. The lowest BCUT2D eigenvalue weighted by Crippen LogP contribution is -2.34. The molecule has 0 aliphatic carbocycles. The smallest absolute Gasteiger partial charge is 0.262 e. The topological polar surface area (TPSA) is 67.4 Å². The summed E-state index contributed by atoms with van der Waals surface area (Å²) in [5, 5.41) is 4.88. The third kappa shape index (κ3) is 4.69. The molecular formula is C22H24ClFN2O3S. The minimum atomic E-state index is -3.94. The van der Waals surface area contributed by atoms with Crippen molar-refractivity contribution < 1.29 is 17.5 Å². The molecule has 0 atom stereocenters. The second-order valence-corrected chi connectivity index (χ2v) is 8.89. The summed E-state index contributed by atoms with van der Waals surface area (Å²) in [7, 11) is -3.94. The molecule has 0 bridgehead atoms. The van der Waals surface area contributed by atoms with Crippen LogP contribution in [0.3, 0.4) is 0 Å². The third-order valence-electron chi connectivity index (χ3n) is 5.15. The fourth-order valence-electron chi connectivity index (χ4n) is 3.62. The fourth-order valence-corrected chi connectivity index (χ4v) is 4.96. The van der Waals surface area contributed by atoms with E-state index in [-0.39, 0.29) is 23.4 Å². The molecule has 0 spiro atoms. The van der Waals surface area contributed by atoms with E-state index in [1.807, 2.05) is 24.3 Å². The normalized spacial score (nSPS) is 14.9. The second kappa shape index (κ2) is 9.20. The Hall–Kier alpha value is -2.35. The Kier molecular flexibility index (Phi) is 6.85. The molecule has 0 aromatic heterocycles. The number of sulfonamides is 1. The van der Waals surface area contributed by atoms with Gasteiger partial charge in [-0.15, -0.1) is 12.4 Å². The van der Waals surface area contributed by atoms with Gasteiger partial charge in [-0.3, -0.25) is 4.72 Å². The zero-order chi connectivity index (χ0) is 20.4. The number of aryl methyl sites for hydroxylation is 1. The molecule has 0 amide bonds. The molecule has 8 heteroatoms. The van der Waals surface area contributed by atoms with Crippen LogP contribution in [-0.2, 0) is 10.0 Å². The van der Waals surface area contributed by atoms with Crippen LogP contribution < -0.4 is 14.8 Å². The van der Waals surface area contributed by atoms with Gasteiger partial charge in [0.25, 0.3) is 10.0 Å². The van der Waals surface area contributed by atoms with E-state index in [0.717, 1.165) is 48.5 Å². The van der Waals surface area contributed by atoms with Crippen LogP contribution in [0.5, 0.6) is 5.75 Å². The Morgan fingerprint density at radius 3 is 2.47 bits per heavy atom. The molecular weight excluding hydrogens is 427 g/mol. The quantitative estimate of drug-likeness (QED) is 0.594. The number of hydrogen-bond donors (Lipinski definition) is 2. The SMILES string of the molecule is Cc1ccc(F)cc1S(=O)(=O)Nc1ccc(OC2CCNCC2)c2ccccc12.Cl. The molecule has 1 saturated heterocycles. The number of benzene rings is 3. The minimum absolute atomic E-state index is 0. The lowest BCUT2D eigenvalue weighted by Gasteiger charge is -2.25. The highest BCUT2D eigenvalue weighted by atomic mass is 35.5. The predicted molar refractivity (Wildman–Crippen MR) is 120 cm³/mol. The van der Waals surface area contributed by atoms with Crippen molar-refractivity contribution >= 4 is 38.9 Å². The van der Waals surface area contributed by atoms with Crippen LogP contribution in [0, 0.1) is 12.7 Å². The number of ether oxygens (including phenoxy) is 1. The largest absolute Gasteiger partial charge is 0.490 e. The maximum atomic E-state index is 13.6. The van der Waals surface area contributed by atoms with Crippen molar-refractivity contribution in [3.8, 4) is 5.75 Å². The van der Waals surface area contributed by atoms with Gasteiger partial charge in [-0.2, -0.15) is 0 Å². The van der Waals surface area contributed by atoms with Gasteiger partial charge in [0, 0.05) is 10.8 Å². The van der Waals surface area contributed by atoms with Gasteiger partial charge in [-0.1, -0.05) is 30.3 Å². The number of halogens is 2. The van der Waals surface area contributed by atoms with Crippen molar-refractivity contribution in [3.63, 3.8) is 0 Å². The molecule has 4 rings (SSSR count). The number of anilines is 1. The molecule has 0 saturated carbocycles. The summed E-state index contributed by atoms with van der Waals surface area (Å²) in [6.45, 7) is 3.49. The van der Waals surface area contributed by atoms with E-state index in [1.54, 1.807) is 19.1 Å². The van der Waals surface area contributed by atoms with E-state index < -0.39 is 15.8 Å². The van der Waals surface area contributed by atoms with Crippen LogP contribution in [-0.4, -0.2) is 27.6 Å². The standard InChI is InChI=1S/C22H23FN2O3S.ClH/c1-15-6-7-16(23)14-22(15)29(26,27)25-20-8-9-21(19-5-3-2-4-18(19)20)28-17-10-12-24-13-11-17;/h2-9,14,17,24-25H,10-13H2,1H3;1H. The van der Waals surface area contributed by atoms with Crippen molar-refractivity contribution in [1.29, 1.82) is 0 Å². The van der Waals surface area contributed by atoms with Crippen molar-refractivity contribution in [2.24, 2.45) is 0 Å². The van der Waals surface area contributed by atoms with Crippen LogP contribution in [0.25, 0.3) is 10.8 Å². The molecule has 0 unspecified atom stereocenters. The summed E-state index contributed by atoms with van der Waals surface area (Å²) in [5.74, 6) is 0.143. The molecule has 1 heterocycles. The molecule has 1 fully saturated rings. The Morgan fingerprint density at radius 2 is 1.73 bits per heavy atom. The van der Waals surface area contributed by atoms with Gasteiger partial charge in [0.1, 0.15) is 17.7 Å². The Balaban J connectivity index is 0.00000256.